The van der Waals surface area contributed by atoms with Crippen LogP contribution < -0.4 is 19.7 Å². The number of nitrogens with zero attached hydrogens (tertiary/aromatic N) is 2. The van der Waals surface area contributed by atoms with Gasteiger partial charge in [0.05, 0.1) is 12.2 Å². The van der Waals surface area contributed by atoms with Gasteiger partial charge in [0.1, 0.15) is 19.0 Å². The Balaban J connectivity index is 1.31. The van der Waals surface area contributed by atoms with Crippen LogP contribution in [0.1, 0.15) is 0 Å². The molecule has 2 aliphatic rings. The summed E-state index contributed by atoms with van der Waals surface area (Å²) in [6, 6.07) is 10.8. The maximum absolute atomic E-state index is 12.5. The predicted octanol–water partition coefficient (Wildman–Crippen LogP) is 2.69. The van der Waals surface area contributed by atoms with Crippen molar-refractivity contribution >= 4 is 33.2 Å². The standard InChI is InChI=1S/C20H22BrN3O4/c21-16-11-18-19(28-10-9-27-18)12-17(16)22-20(26)13-23-5-7-24(8-6-23)14-1-3-15(25)4-2-14/h1-4,11-12,25H,5-10,13H2,(H,22,26). The summed E-state index contributed by atoms with van der Waals surface area (Å²) in [4.78, 5) is 16.9. The van der Waals surface area contributed by atoms with Crippen LogP contribution in [-0.2, 0) is 4.79 Å². The van der Waals surface area contributed by atoms with Crippen molar-refractivity contribution in [3.8, 4) is 17.2 Å². The highest BCUT2D eigenvalue weighted by atomic mass is 79.9. The quantitative estimate of drug-likeness (QED) is 0.750. The Labute approximate surface area is 172 Å². The van der Waals surface area contributed by atoms with E-state index in [1.807, 2.05) is 18.2 Å². The number of benzene rings is 2. The zero-order chi connectivity index (χ0) is 19.5. The van der Waals surface area contributed by atoms with Crippen LogP contribution in [0.3, 0.4) is 0 Å². The Morgan fingerprint density at radius 3 is 2.36 bits per heavy atom. The Bertz CT molecular complexity index is 851. The number of piperazine rings is 1. The molecule has 0 spiro atoms. The van der Waals surface area contributed by atoms with Gasteiger partial charge in [0.15, 0.2) is 11.5 Å². The summed E-state index contributed by atoms with van der Waals surface area (Å²) >= 11 is 3.48. The van der Waals surface area contributed by atoms with Crippen LogP contribution in [0.4, 0.5) is 11.4 Å². The maximum Gasteiger partial charge on any atom is 0.238 e. The number of nitrogens with one attached hydrogen (secondary N) is 1. The van der Waals surface area contributed by atoms with Crippen LogP contribution in [0.5, 0.6) is 17.2 Å². The average Bonchev–Trinajstić information content (AvgIpc) is 2.70. The number of halogens is 1. The summed E-state index contributed by atoms with van der Waals surface area (Å²) in [7, 11) is 0. The Kier molecular flexibility index (Phi) is 5.59. The molecule has 4 rings (SSSR count). The number of rotatable bonds is 4. The van der Waals surface area contributed by atoms with Gasteiger partial charge in [0.25, 0.3) is 0 Å². The van der Waals surface area contributed by atoms with E-state index in [0.29, 0.717) is 36.9 Å². The SMILES string of the molecule is O=C(CN1CCN(c2ccc(O)cc2)CC1)Nc1cc2c(cc1Br)OCCO2. The molecule has 2 N–H and O–H groups in total. The molecule has 1 saturated heterocycles. The lowest BCUT2D eigenvalue weighted by Gasteiger charge is -2.35. The summed E-state index contributed by atoms with van der Waals surface area (Å²) in [5, 5.41) is 12.4. The number of carbonyl (C=O) groups is 1. The summed E-state index contributed by atoms with van der Waals surface area (Å²) in [6.45, 7) is 4.66. The van der Waals surface area contributed by atoms with E-state index in [1.54, 1.807) is 18.2 Å². The van der Waals surface area contributed by atoms with E-state index in [4.69, 9.17) is 9.47 Å². The van der Waals surface area contributed by atoms with Crippen molar-refractivity contribution in [1.82, 2.24) is 4.90 Å². The van der Waals surface area contributed by atoms with Crippen molar-refractivity contribution < 1.29 is 19.4 Å². The van der Waals surface area contributed by atoms with Gasteiger partial charge in [0.2, 0.25) is 5.91 Å². The monoisotopic (exact) mass is 447 g/mol. The first-order chi connectivity index (χ1) is 13.6. The second-order valence-corrected chi connectivity index (χ2v) is 7.66. The number of ether oxygens (including phenoxy) is 2. The fraction of sp³-hybridized carbons (Fsp3) is 0.350. The minimum absolute atomic E-state index is 0.0598. The molecule has 0 bridgehead atoms. The molecule has 2 aliphatic heterocycles. The second kappa shape index (κ2) is 8.28. The minimum atomic E-state index is -0.0598. The van der Waals surface area contributed by atoms with E-state index in [1.165, 1.54) is 0 Å². The fourth-order valence-corrected chi connectivity index (χ4v) is 3.80. The number of phenolic OH excluding ortho intramolecular Hbond substituents is 1. The average molecular weight is 448 g/mol. The molecule has 2 heterocycles. The first-order valence-electron chi connectivity index (χ1n) is 9.24. The van der Waals surface area contributed by atoms with E-state index in [0.717, 1.165) is 36.3 Å². The number of amides is 1. The molecule has 0 aromatic heterocycles. The highest BCUT2D eigenvalue weighted by Gasteiger charge is 2.21. The Morgan fingerprint density at radius 2 is 1.68 bits per heavy atom. The van der Waals surface area contributed by atoms with Crippen molar-refractivity contribution in [2.24, 2.45) is 0 Å². The van der Waals surface area contributed by atoms with Crippen molar-refractivity contribution in [3.63, 3.8) is 0 Å². The number of hydrogen-bond acceptors (Lipinski definition) is 6. The van der Waals surface area contributed by atoms with E-state index in [-0.39, 0.29) is 11.7 Å². The first-order valence-corrected chi connectivity index (χ1v) is 10.0. The lowest BCUT2D eigenvalue weighted by atomic mass is 10.2. The molecule has 148 valence electrons. The number of anilines is 2. The lowest BCUT2D eigenvalue weighted by Crippen LogP contribution is -2.48. The molecule has 28 heavy (non-hydrogen) atoms. The third-order valence-corrected chi connectivity index (χ3v) is 5.52. The molecular weight excluding hydrogens is 426 g/mol. The summed E-state index contributed by atoms with van der Waals surface area (Å²) in [6.07, 6.45) is 0. The van der Waals surface area contributed by atoms with Crippen molar-refractivity contribution in [2.45, 2.75) is 0 Å². The van der Waals surface area contributed by atoms with Gasteiger partial charge >= 0.3 is 0 Å². The molecule has 1 amide bonds. The van der Waals surface area contributed by atoms with E-state index in [9.17, 15) is 9.90 Å². The smallest absolute Gasteiger partial charge is 0.238 e. The second-order valence-electron chi connectivity index (χ2n) is 6.80. The zero-order valence-electron chi connectivity index (χ0n) is 15.4. The largest absolute Gasteiger partial charge is 0.508 e. The van der Waals surface area contributed by atoms with Crippen LogP contribution in [0.15, 0.2) is 40.9 Å². The van der Waals surface area contributed by atoms with Crippen LogP contribution in [-0.4, -0.2) is 61.9 Å². The third kappa shape index (κ3) is 4.34. The lowest BCUT2D eigenvalue weighted by molar-refractivity contribution is -0.117. The van der Waals surface area contributed by atoms with Crippen LogP contribution in [0.25, 0.3) is 0 Å². The van der Waals surface area contributed by atoms with Crippen LogP contribution in [0, 0.1) is 0 Å². The Hall–Kier alpha value is -2.45. The molecule has 0 unspecified atom stereocenters. The predicted molar refractivity (Wildman–Crippen MR) is 111 cm³/mol. The van der Waals surface area contributed by atoms with E-state index in [2.05, 4.69) is 31.0 Å². The van der Waals surface area contributed by atoms with Gasteiger partial charge < -0.3 is 24.8 Å². The van der Waals surface area contributed by atoms with Gasteiger partial charge in [-0.3, -0.25) is 9.69 Å². The van der Waals surface area contributed by atoms with Crippen molar-refractivity contribution in [3.05, 3.63) is 40.9 Å². The van der Waals surface area contributed by atoms with Gasteiger partial charge in [-0.15, -0.1) is 0 Å². The zero-order valence-corrected chi connectivity index (χ0v) is 16.9. The van der Waals surface area contributed by atoms with Gasteiger partial charge in [0, 0.05) is 48.5 Å². The van der Waals surface area contributed by atoms with Gasteiger partial charge in [-0.05, 0) is 40.2 Å². The molecule has 0 aliphatic carbocycles. The highest BCUT2D eigenvalue weighted by Crippen LogP contribution is 2.38. The number of hydrogen-bond donors (Lipinski definition) is 2. The molecule has 2 aromatic rings. The maximum atomic E-state index is 12.5. The van der Waals surface area contributed by atoms with Crippen LogP contribution in [0.2, 0.25) is 0 Å². The highest BCUT2D eigenvalue weighted by molar-refractivity contribution is 9.10. The molecule has 2 aromatic carbocycles. The molecule has 1 fully saturated rings. The first kappa shape index (κ1) is 18.9. The van der Waals surface area contributed by atoms with Crippen LogP contribution >= 0.6 is 15.9 Å². The number of aromatic hydroxyl groups is 1. The summed E-state index contributed by atoms with van der Waals surface area (Å²) in [5.41, 5.74) is 1.76. The van der Waals surface area contributed by atoms with Crippen molar-refractivity contribution in [2.75, 3.05) is 56.2 Å². The van der Waals surface area contributed by atoms with Crippen molar-refractivity contribution in [1.29, 1.82) is 0 Å². The normalized spacial score (nSPS) is 16.7. The molecular formula is C20H22BrN3O4. The van der Waals surface area contributed by atoms with Gasteiger partial charge in [-0.1, -0.05) is 0 Å². The minimum Gasteiger partial charge on any atom is -0.508 e. The fourth-order valence-electron chi connectivity index (χ4n) is 3.38. The van der Waals surface area contributed by atoms with E-state index < -0.39 is 0 Å². The molecule has 0 atom stereocenters. The van der Waals surface area contributed by atoms with E-state index >= 15 is 0 Å². The summed E-state index contributed by atoms with van der Waals surface area (Å²) in [5.74, 6) is 1.54. The molecule has 0 radical (unpaired) electrons. The Morgan fingerprint density at radius 1 is 1.04 bits per heavy atom. The number of carbonyl (C=O) groups excluding carboxylic acids is 1. The molecule has 0 saturated carbocycles. The molecule has 8 heteroatoms. The molecule has 7 nitrogen and oxygen atoms in total. The third-order valence-electron chi connectivity index (χ3n) is 4.86. The number of phenols is 1. The van der Waals surface area contributed by atoms with Gasteiger partial charge in [-0.2, -0.15) is 0 Å². The number of fused-ring (bicyclic) bond motifs is 1. The van der Waals surface area contributed by atoms with Gasteiger partial charge in [-0.25, -0.2) is 0 Å². The summed E-state index contributed by atoms with van der Waals surface area (Å²) < 4.78 is 11.9. The topological polar surface area (TPSA) is 74.3 Å².